The lowest BCUT2D eigenvalue weighted by molar-refractivity contribution is 0.380. The van der Waals surface area contributed by atoms with Gasteiger partial charge in [-0.15, -0.1) is 0 Å². The van der Waals surface area contributed by atoms with Gasteiger partial charge in [-0.2, -0.15) is 0 Å². The summed E-state index contributed by atoms with van der Waals surface area (Å²) in [5.41, 5.74) is 1.25. The van der Waals surface area contributed by atoms with Crippen LogP contribution in [0.5, 0.6) is 0 Å². The van der Waals surface area contributed by atoms with E-state index in [0.29, 0.717) is 16.3 Å². The van der Waals surface area contributed by atoms with Crippen molar-refractivity contribution in [2.45, 2.75) is 0 Å². The summed E-state index contributed by atoms with van der Waals surface area (Å²) in [4.78, 5) is 22.1. The molecular formula is C11H10ClN2O3P. The van der Waals surface area contributed by atoms with Crippen LogP contribution in [0.1, 0.15) is 0 Å². The van der Waals surface area contributed by atoms with Crippen LogP contribution in [0.2, 0.25) is 5.02 Å². The molecule has 2 aromatic rings. The molecule has 0 saturated carbocycles. The van der Waals surface area contributed by atoms with Crippen LogP contribution >= 0.6 is 19.3 Å². The van der Waals surface area contributed by atoms with E-state index in [1.54, 1.807) is 36.5 Å². The lowest BCUT2D eigenvalue weighted by Crippen LogP contribution is -1.98. The highest BCUT2D eigenvalue weighted by Gasteiger charge is 2.17. The van der Waals surface area contributed by atoms with E-state index < -0.39 is 7.75 Å². The fraction of sp³-hybridized carbons (Fsp3) is 0. The van der Waals surface area contributed by atoms with Gasteiger partial charge in [0, 0.05) is 11.8 Å². The topological polar surface area (TPSA) is 82.5 Å². The van der Waals surface area contributed by atoms with Crippen LogP contribution in [0.15, 0.2) is 42.6 Å². The SMILES string of the molecule is O=P(O)(O)Nc1cccc(Cl)c1-c1ccccn1. The van der Waals surface area contributed by atoms with Gasteiger partial charge in [0.05, 0.1) is 16.4 Å². The van der Waals surface area contributed by atoms with Crippen LogP contribution in [0.3, 0.4) is 0 Å². The Bertz CT molecular complexity index is 600. The zero-order valence-electron chi connectivity index (χ0n) is 9.12. The maximum absolute atomic E-state index is 11.0. The molecule has 0 bridgehead atoms. The molecule has 1 aromatic carbocycles. The highest BCUT2D eigenvalue weighted by molar-refractivity contribution is 7.53. The molecule has 0 saturated heterocycles. The third kappa shape index (κ3) is 3.09. The second-order valence-corrected chi connectivity index (χ2v) is 5.25. The molecular weight excluding hydrogens is 275 g/mol. The van der Waals surface area contributed by atoms with E-state index in [1.165, 1.54) is 6.07 Å². The van der Waals surface area contributed by atoms with E-state index in [9.17, 15) is 4.57 Å². The molecule has 3 N–H and O–H groups in total. The van der Waals surface area contributed by atoms with Crippen molar-refractivity contribution in [2.75, 3.05) is 5.09 Å². The molecule has 1 aromatic heterocycles. The van der Waals surface area contributed by atoms with Crippen molar-refractivity contribution < 1.29 is 14.4 Å². The maximum Gasteiger partial charge on any atom is 0.427 e. The van der Waals surface area contributed by atoms with Crippen molar-refractivity contribution in [3.8, 4) is 11.3 Å². The maximum atomic E-state index is 11.0. The van der Waals surface area contributed by atoms with Crippen molar-refractivity contribution in [1.29, 1.82) is 0 Å². The van der Waals surface area contributed by atoms with E-state index in [-0.39, 0.29) is 5.69 Å². The van der Waals surface area contributed by atoms with Gasteiger partial charge in [-0.3, -0.25) is 10.1 Å². The molecule has 0 fully saturated rings. The van der Waals surface area contributed by atoms with Crippen LogP contribution in [0.25, 0.3) is 11.3 Å². The third-order valence-electron chi connectivity index (χ3n) is 2.20. The quantitative estimate of drug-likeness (QED) is 0.755. The van der Waals surface area contributed by atoms with Gasteiger partial charge in [0.1, 0.15) is 0 Å². The van der Waals surface area contributed by atoms with Gasteiger partial charge in [0.25, 0.3) is 0 Å². The number of pyridine rings is 1. The van der Waals surface area contributed by atoms with Gasteiger partial charge in [0.15, 0.2) is 0 Å². The molecule has 0 spiro atoms. The molecule has 18 heavy (non-hydrogen) atoms. The zero-order chi connectivity index (χ0) is 13.2. The smallest absolute Gasteiger partial charge is 0.308 e. The molecule has 7 heteroatoms. The predicted molar refractivity (Wildman–Crippen MR) is 70.3 cm³/mol. The van der Waals surface area contributed by atoms with Gasteiger partial charge in [0.2, 0.25) is 0 Å². The monoisotopic (exact) mass is 284 g/mol. The summed E-state index contributed by atoms with van der Waals surface area (Å²) >= 11 is 6.06. The predicted octanol–water partition coefficient (Wildman–Crippen LogP) is 2.91. The average molecular weight is 285 g/mol. The van der Waals surface area contributed by atoms with E-state index in [4.69, 9.17) is 21.4 Å². The fourth-order valence-corrected chi connectivity index (χ4v) is 2.32. The Morgan fingerprint density at radius 3 is 2.56 bits per heavy atom. The minimum absolute atomic E-state index is 0.245. The second kappa shape index (κ2) is 5.08. The van der Waals surface area contributed by atoms with E-state index in [1.807, 2.05) is 0 Å². The highest BCUT2D eigenvalue weighted by Crippen LogP contribution is 2.41. The first-order chi connectivity index (χ1) is 8.47. The summed E-state index contributed by atoms with van der Waals surface area (Å²) in [7, 11) is -4.39. The number of benzene rings is 1. The number of hydrogen-bond acceptors (Lipinski definition) is 2. The van der Waals surface area contributed by atoms with Crippen molar-refractivity contribution in [2.24, 2.45) is 0 Å². The van der Waals surface area contributed by atoms with Crippen LogP contribution in [-0.2, 0) is 4.57 Å². The van der Waals surface area contributed by atoms with Crippen molar-refractivity contribution in [3.05, 3.63) is 47.6 Å². The summed E-state index contributed by atoms with van der Waals surface area (Å²) in [6.45, 7) is 0. The lowest BCUT2D eigenvalue weighted by Gasteiger charge is -2.13. The molecule has 0 unspecified atom stereocenters. The molecule has 0 aliphatic heterocycles. The number of nitrogens with zero attached hydrogens (tertiary/aromatic N) is 1. The molecule has 94 valence electrons. The molecule has 1 heterocycles. The number of hydrogen-bond donors (Lipinski definition) is 3. The van der Waals surface area contributed by atoms with Crippen LogP contribution in [0, 0.1) is 0 Å². The number of rotatable bonds is 3. The molecule has 5 nitrogen and oxygen atoms in total. The van der Waals surface area contributed by atoms with E-state index in [0.717, 1.165) is 0 Å². The molecule has 0 aliphatic carbocycles. The molecule has 0 radical (unpaired) electrons. The number of nitrogens with one attached hydrogen (secondary N) is 1. The minimum atomic E-state index is -4.39. The Hall–Kier alpha value is -1.39. The Morgan fingerprint density at radius 1 is 1.17 bits per heavy atom. The zero-order valence-corrected chi connectivity index (χ0v) is 10.8. The molecule has 0 atom stereocenters. The van der Waals surface area contributed by atoms with Crippen LogP contribution in [0.4, 0.5) is 5.69 Å². The van der Waals surface area contributed by atoms with E-state index in [2.05, 4.69) is 10.1 Å². The molecule has 2 rings (SSSR count). The first-order valence-corrected chi connectivity index (χ1v) is 7.00. The first kappa shape index (κ1) is 13.1. The van der Waals surface area contributed by atoms with Crippen molar-refractivity contribution in [3.63, 3.8) is 0 Å². The van der Waals surface area contributed by atoms with Crippen LogP contribution < -0.4 is 5.09 Å². The summed E-state index contributed by atoms with van der Waals surface area (Å²) in [5.74, 6) is 0. The Labute approximate surface area is 109 Å². The Kier molecular flexibility index (Phi) is 3.68. The first-order valence-electron chi connectivity index (χ1n) is 5.01. The van der Waals surface area contributed by atoms with Gasteiger partial charge in [-0.1, -0.05) is 23.7 Å². The minimum Gasteiger partial charge on any atom is -0.308 e. The van der Waals surface area contributed by atoms with Gasteiger partial charge >= 0.3 is 7.75 Å². The Balaban J connectivity index is 2.55. The summed E-state index contributed by atoms with van der Waals surface area (Å²) in [6.07, 6.45) is 1.58. The van der Waals surface area contributed by atoms with Crippen molar-refractivity contribution >= 4 is 25.0 Å². The summed E-state index contributed by atoms with van der Waals surface area (Å²) in [5, 5.41) is 2.50. The normalized spacial score (nSPS) is 11.3. The lowest BCUT2D eigenvalue weighted by atomic mass is 10.1. The standard InChI is InChI=1S/C11H10ClN2O3P/c12-8-4-3-6-10(14-18(15,16)17)11(8)9-5-1-2-7-13-9/h1-7H,(H3,14,15,16,17). The number of anilines is 1. The molecule has 0 amide bonds. The Morgan fingerprint density at radius 2 is 1.94 bits per heavy atom. The largest absolute Gasteiger partial charge is 0.427 e. The number of aromatic nitrogens is 1. The molecule has 0 aliphatic rings. The number of halogens is 1. The van der Waals surface area contributed by atoms with Gasteiger partial charge in [-0.25, -0.2) is 4.57 Å². The fourth-order valence-electron chi connectivity index (χ4n) is 1.55. The summed E-state index contributed by atoms with van der Waals surface area (Å²) < 4.78 is 11.0. The summed E-state index contributed by atoms with van der Waals surface area (Å²) in [6, 6.07) is 10.0. The van der Waals surface area contributed by atoms with Gasteiger partial charge in [-0.05, 0) is 24.3 Å². The van der Waals surface area contributed by atoms with Crippen molar-refractivity contribution in [1.82, 2.24) is 4.98 Å². The third-order valence-corrected chi connectivity index (χ3v) is 3.05. The van der Waals surface area contributed by atoms with Gasteiger partial charge < -0.3 is 9.79 Å². The second-order valence-electron chi connectivity index (χ2n) is 3.53. The average Bonchev–Trinajstić information content (AvgIpc) is 2.28. The highest BCUT2D eigenvalue weighted by atomic mass is 35.5. The van der Waals surface area contributed by atoms with Crippen LogP contribution in [-0.4, -0.2) is 14.8 Å². The van der Waals surface area contributed by atoms with E-state index >= 15 is 0 Å².